The van der Waals surface area contributed by atoms with E-state index < -0.39 is 10.0 Å². The predicted molar refractivity (Wildman–Crippen MR) is 56.6 cm³/mol. The molecule has 1 aromatic heterocycles. The van der Waals surface area contributed by atoms with Crippen molar-refractivity contribution in [2.45, 2.75) is 24.9 Å². The lowest BCUT2D eigenvalue weighted by Crippen LogP contribution is -2.39. The average Bonchev–Trinajstić information content (AvgIpc) is 2.69. The largest absolute Gasteiger partial charge is 0.330 e. The van der Waals surface area contributed by atoms with Gasteiger partial charge in [-0.2, -0.15) is 5.10 Å². The van der Waals surface area contributed by atoms with Gasteiger partial charge in [0.05, 0.1) is 6.20 Å². The van der Waals surface area contributed by atoms with Crippen molar-refractivity contribution in [2.24, 2.45) is 11.7 Å². The molecule has 0 amide bonds. The molecule has 2 unspecified atom stereocenters. The summed E-state index contributed by atoms with van der Waals surface area (Å²) in [6, 6.07) is 1.20. The van der Waals surface area contributed by atoms with Gasteiger partial charge in [0.2, 0.25) is 0 Å². The van der Waals surface area contributed by atoms with E-state index >= 15 is 0 Å². The summed E-state index contributed by atoms with van der Waals surface area (Å²) < 4.78 is 25.9. The maximum absolute atomic E-state index is 11.7. The van der Waals surface area contributed by atoms with E-state index in [9.17, 15) is 8.42 Å². The van der Waals surface area contributed by atoms with Gasteiger partial charge in [-0.25, -0.2) is 13.1 Å². The smallest absolute Gasteiger partial charge is 0.257 e. The zero-order valence-corrected chi connectivity index (χ0v) is 9.58. The van der Waals surface area contributed by atoms with Gasteiger partial charge in [0, 0.05) is 6.04 Å². The number of nitrogens with one attached hydrogen (secondary N) is 2. The van der Waals surface area contributed by atoms with Gasteiger partial charge < -0.3 is 5.73 Å². The number of hydrogen-bond donors (Lipinski definition) is 3. The molecule has 0 aliphatic heterocycles. The van der Waals surface area contributed by atoms with Crippen molar-refractivity contribution in [1.82, 2.24) is 14.9 Å². The van der Waals surface area contributed by atoms with Crippen LogP contribution in [0.1, 0.15) is 13.8 Å². The van der Waals surface area contributed by atoms with Crippen LogP contribution in [0.4, 0.5) is 0 Å². The van der Waals surface area contributed by atoms with Crippen molar-refractivity contribution in [3.8, 4) is 0 Å². The second kappa shape index (κ2) is 4.73. The second-order valence-corrected chi connectivity index (χ2v) is 5.23. The van der Waals surface area contributed by atoms with Crippen LogP contribution in [0, 0.1) is 5.92 Å². The number of aromatic nitrogens is 2. The third-order valence-electron chi connectivity index (χ3n) is 2.33. The maximum Gasteiger partial charge on any atom is 0.257 e. The van der Waals surface area contributed by atoms with E-state index in [0.717, 1.165) is 0 Å². The van der Waals surface area contributed by atoms with Gasteiger partial charge in [-0.15, -0.1) is 0 Å². The summed E-state index contributed by atoms with van der Waals surface area (Å²) in [6.45, 7) is 4.11. The van der Waals surface area contributed by atoms with Crippen molar-refractivity contribution < 1.29 is 8.42 Å². The highest BCUT2D eigenvalue weighted by Gasteiger charge is 2.21. The van der Waals surface area contributed by atoms with Crippen molar-refractivity contribution in [3.63, 3.8) is 0 Å². The normalized spacial score (nSPS) is 16.2. The van der Waals surface area contributed by atoms with Crippen LogP contribution in [0.15, 0.2) is 17.3 Å². The summed E-state index contributed by atoms with van der Waals surface area (Å²) in [6.07, 6.45) is 1.39. The third-order valence-corrected chi connectivity index (χ3v) is 3.82. The summed E-state index contributed by atoms with van der Waals surface area (Å²) in [7, 11) is -3.49. The Morgan fingerprint density at radius 2 is 2.27 bits per heavy atom. The molecule has 7 heteroatoms. The van der Waals surface area contributed by atoms with Crippen LogP contribution in [0.25, 0.3) is 0 Å². The molecule has 0 saturated heterocycles. The molecule has 4 N–H and O–H groups in total. The predicted octanol–water partition coefficient (Wildman–Crippen LogP) is -0.329. The Labute approximate surface area is 89.3 Å². The fourth-order valence-electron chi connectivity index (χ4n) is 1.02. The molecular weight excluding hydrogens is 216 g/mol. The summed E-state index contributed by atoms with van der Waals surface area (Å²) in [5, 5.41) is 6.07. The zero-order valence-electron chi connectivity index (χ0n) is 8.77. The highest BCUT2D eigenvalue weighted by Crippen LogP contribution is 2.07. The van der Waals surface area contributed by atoms with E-state index in [-0.39, 0.29) is 17.0 Å². The summed E-state index contributed by atoms with van der Waals surface area (Å²) >= 11 is 0. The summed E-state index contributed by atoms with van der Waals surface area (Å²) in [5.74, 6) is 0.0858. The molecule has 0 radical (unpaired) electrons. The number of aromatic amines is 1. The Morgan fingerprint density at radius 3 is 2.73 bits per heavy atom. The molecule has 6 nitrogen and oxygen atoms in total. The van der Waals surface area contributed by atoms with Crippen molar-refractivity contribution in [2.75, 3.05) is 6.54 Å². The van der Waals surface area contributed by atoms with Gasteiger partial charge in [0.1, 0.15) is 0 Å². The first-order valence-electron chi connectivity index (χ1n) is 4.69. The molecule has 86 valence electrons. The number of sulfonamides is 1. The molecule has 2 atom stereocenters. The minimum atomic E-state index is -3.49. The average molecular weight is 232 g/mol. The lowest BCUT2D eigenvalue weighted by atomic mass is 10.1. The molecule has 0 spiro atoms. The van der Waals surface area contributed by atoms with E-state index in [2.05, 4.69) is 14.9 Å². The van der Waals surface area contributed by atoms with Crippen LogP contribution in [0.2, 0.25) is 0 Å². The van der Waals surface area contributed by atoms with Crippen molar-refractivity contribution in [1.29, 1.82) is 0 Å². The number of nitrogens with zero attached hydrogens (tertiary/aromatic N) is 1. The number of nitrogens with two attached hydrogens (primary N) is 1. The molecule has 0 bridgehead atoms. The topological polar surface area (TPSA) is 101 Å². The Kier molecular flexibility index (Phi) is 3.83. The molecule has 15 heavy (non-hydrogen) atoms. The quantitative estimate of drug-likeness (QED) is 0.647. The first kappa shape index (κ1) is 12.2. The van der Waals surface area contributed by atoms with Gasteiger partial charge >= 0.3 is 0 Å². The van der Waals surface area contributed by atoms with E-state index in [1.807, 2.05) is 6.92 Å². The fraction of sp³-hybridized carbons (Fsp3) is 0.625. The summed E-state index contributed by atoms with van der Waals surface area (Å²) in [4.78, 5) is 0. The number of hydrogen-bond acceptors (Lipinski definition) is 4. The van der Waals surface area contributed by atoms with E-state index in [1.54, 1.807) is 6.92 Å². The van der Waals surface area contributed by atoms with Gasteiger partial charge in [0.25, 0.3) is 10.0 Å². The van der Waals surface area contributed by atoms with Gasteiger partial charge in [-0.1, -0.05) is 6.92 Å². The van der Waals surface area contributed by atoms with Crippen LogP contribution in [-0.2, 0) is 10.0 Å². The van der Waals surface area contributed by atoms with Crippen molar-refractivity contribution in [3.05, 3.63) is 12.3 Å². The molecular formula is C8H16N4O2S. The zero-order chi connectivity index (χ0) is 11.5. The lowest BCUT2D eigenvalue weighted by Gasteiger charge is -2.18. The SMILES string of the molecule is CC(CN)C(C)NS(=O)(=O)c1ccn[nH]1. The van der Waals surface area contributed by atoms with Crippen LogP contribution < -0.4 is 10.5 Å². The molecule has 0 aliphatic rings. The molecule has 1 rings (SSSR count). The van der Waals surface area contributed by atoms with E-state index in [1.165, 1.54) is 12.3 Å². The van der Waals surface area contributed by atoms with Gasteiger partial charge in [-0.3, -0.25) is 5.10 Å². The molecule has 1 aromatic rings. The van der Waals surface area contributed by atoms with Crippen LogP contribution in [-0.4, -0.2) is 31.2 Å². The Morgan fingerprint density at radius 1 is 1.60 bits per heavy atom. The Bertz CT molecular complexity index is 387. The van der Waals surface area contributed by atoms with Crippen molar-refractivity contribution >= 4 is 10.0 Å². The van der Waals surface area contributed by atoms with Gasteiger partial charge in [-0.05, 0) is 25.5 Å². The summed E-state index contributed by atoms with van der Waals surface area (Å²) in [5.41, 5.74) is 5.46. The first-order chi connectivity index (χ1) is 6.97. The number of H-pyrrole nitrogens is 1. The number of rotatable bonds is 5. The fourth-order valence-corrected chi connectivity index (χ4v) is 2.28. The maximum atomic E-state index is 11.7. The van der Waals surface area contributed by atoms with Crippen LogP contribution in [0.3, 0.4) is 0 Å². The van der Waals surface area contributed by atoms with Gasteiger partial charge in [0.15, 0.2) is 5.03 Å². The van der Waals surface area contributed by atoms with Crippen LogP contribution in [0.5, 0.6) is 0 Å². The third kappa shape index (κ3) is 3.01. The molecule has 0 fully saturated rings. The molecule has 0 aromatic carbocycles. The van der Waals surface area contributed by atoms with Crippen LogP contribution >= 0.6 is 0 Å². The first-order valence-corrected chi connectivity index (χ1v) is 6.17. The molecule has 1 heterocycles. The molecule has 0 aliphatic carbocycles. The Balaban J connectivity index is 2.74. The minimum Gasteiger partial charge on any atom is -0.330 e. The molecule has 0 saturated carbocycles. The highest BCUT2D eigenvalue weighted by molar-refractivity contribution is 7.89. The van der Waals surface area contributed by atoms with E-state index in [4.69, 9.17) is 5.73 Å². The highest BCUT2D eigenvalue weighted by atomic mass is 32.2. The standard InChI is InChI=1S/C8H16N4O2S/c1-6(5-9)7(2)12-15(13,14)8-3-4-10-11-8/h3-4,6-7,12H,5,9H2,1-2H3,(H,10,11). The Hall–Kier alpha value is -0.920. The van der Waals surface area contributed by atoms with E-state index in [0.29, 0.717) is 6.54 Å². The lowest BCUT2D eigenvalue weighted by molar-refractivity contribution is 0.452. The second-order valence-electron chi connectivity index (χ2n) is 3.54. The minimum absolute atomic E-state index is 0.0681. The monoisotopic (exact) mass is 232 g/mol.